The van der Waals surface area contributed by atoms with E-state index in [-0.39, 0.29) is 11.1 Å². The fraction of sp³-hybridized carbons (Fsp3) is 0.318. The van der Waals surface area contributed by atoms with Crippen LogP contribution >= 0.6 is 0 Å². The third-order valence-electron chi connectivity index (χ3n) is 4.62. The predicted octanol–water partition coefficient (Wildman–Crippen LogP) is 4.78. The van der Waals surface area contributed by atoms with Crippen LogP contribution in [0.2, 0.25) is 0 Å². The van der Waals surface area contributed by atoms with Crippen LogP contribution in [0.3, 0.4) is 0 Å². The molecule has 0 spiro atoms. The zero-order valence-corrected chi connectivity index (χ0v) is 15.9. The molecule has 6 heteroatoms. The molecule has 2 aromatic carbocycles. The molecular formula is C22H25NO5. The van der Waals surface area contributed by atoms with Gasteiger partial charge in [-0.15, -0.1) is 0 Å². The standard InChI is InChI=1S/C22H25NO5/c1-2-3-4-5-8-17(21(25)26)15-11-13-16(14-12-15)23-20(24)18-9-6-7-10-19(18)22(27)28/h6-7,9-14,17H,2-5,8H2,1H3,(H,23,24)(H,25,26)(H,27,28). The number of benzene rings is 2. The molecule has 2 aromatic rings. The maximum absolute atomic E-state index is 12.4. The normalized spacial score (nSPS) is 11.6. The second-order valence-electron chi connectivity index (χ2n) is 6.67. The number of carboxylic acid groups (broad SMARTS) is 2. The molecule has 0 aliphatic carbocycles. The summed E-state index contributed by atoms with van der Waals surface area (Å²) in [5.74, 6) is -3.13. The van der Waals surface area contributed by atoms with Gasteiger partial charge in [-0.05, 0) is 36.2 Å². The number of carbonyl (C=O) groups excluding carboxylic acids is 1. The molecule has 0 aromatic heterocycles. The highest BCUT2D eigenvalue weighted by Gasteiger charge is 2.20. The van der Waals surface area contributed by atoms with E-state index in [0.29, 0.717) is 17.7 Å². The monoisotopic (exact) mass is 383 g/mol. The molecule has 0 saturated heterocycles. The van der Waals surface area contributed by atoms with Crippen LogP contribution in [-0.2, 0) is 4.79 Å². The minimum Gasteiger partial charge on any atom is -0.481 e. The number of amides is 1. The van der Waals surface area contributed by atoms with Crippen LogP contribution in [0, 0.1) is 0 Å². The highest BCUT2D eigenvalue weighted by molar-refractivity contribution is 6.10. The largest absolute Gasteiger partial charge is 0.481 e. The third kappa shape index (κ3) is 5.67. The highest BCUT2D eigenvalue weighted by atomic mass is 16.4. The minimum atomic E-state index is -1.17. The topological polar surface area (TPSA) is 104 Å². The molecule has 148 valence electrons. The fourth-order valence-electron chi connectivity index (χ4n) is 3.07. The number of carbonyl (C=O) groups is 3. The highest BCUT2D eigenvalue weighted by Crippen LogP contribution is 2.25. The molecule has 0 aliphatic rings. The van der Waals surface area contributed by atoms with Crippen LogP contribution in [0.15, 0.2) is 48.5 Å². The van der Waals surface area contributed by atoms with E-state index in [1.54, 1.807) is 36.4 Å². The number of unbranched alkanes of at least 4 members (excludes halogenated alkanes) is 3. The molecule has 1 unspecified atom stereocenters. The van der Waals surface area contributed by atoms with Crippen molar-refractivity contribution in [2.75, 3.05) is 5.32 Å². The van der Waals surface area contributed by atoms with E-state index in [4.69, 9.17) is 0 Å². The molecule has 0 aliphatic heterocycles. The Bertz CT molecular complexity index is 829. The maximum atomic E-state index is 12.4. The van der Waals surface area contributed by atoms with Crippen LogP contribution in [0.5, 0.6) is 0 Å². The van der Waals surface area contributed by atoms with Gasteiger partial charge in [-0.25, -0.2) is 4.79 Å². The van der Waals surface area contributed by atoms with Crippen LogP contribution in [0.25, 0.3) is 0 Å². The molecule has 1 atom stereocenters. The lowest BCUT2D eigenvalue weighted by atomic mass is 9.93. The van der Waals surface area contributed by atoms with E-state index in [9.17, 15) is 24.6 Å². The first-order valence-electron chi connectivity index (χ1n) is 9.40. The number of nitrogens with one attached hydrogen (secondary N) is 1. The van der Waals surface area contributed by atoms with Crippen molar-refractivity contribution in [2.24, 2.45) is 0 Å². The zero-order valence-electron chi connectivity index (χ0n) is 15.9. The average Bonchev–Trinajstić information content (AvgIpc) is 2.68. The van der Waals surface area contributed by atoms with Gasteiger partial charge in [0.25, 0.3) is 5.91 Å². The van der Waals surface area contributed by atoms with Crippen molar-refractivity contribution >= 4 is 23.5 Å². The van der Waals surface area contributed by atoms with Gasteiger partial charge in [0, 0.05) is 5.69 Å². The van der Waals surface area contributed by atoms with Crippen molar-refractivity contribution in [3.05, 3.63) is 65.2 Å². The molecule has 2 rings (SSSR count). The van der Waals surface area contributed by atoms with Gasteiger partial charge in [0.15, 0.2) is 0 Å². The quantitative estimate of drug-likeness (QED) is 0.513. The van der Waals surface area contributed by atoms with Crippen molar-refractivity contribution in [1.82, 2.24) is 0 Å². The van der Waals surface area contributed by atoms with Crippen molar-refractivity contribution in [3.8, 4) is 0 Å². The lowest BCUT2D eigenvalue weighted by Gasteiger charge is -2.14. The second kappa shape index (κ2) is 10.3. The number of aromatic carboxylic acids is 1. The first kappa shape index (κ1) is 21.2. The summed E-state index contributed by atoms with van der Waals surface area (Å²) in [5.41, 5.74) is 1.16. The van der Waals surface area contributed by atoms with E-state index >= 15 is 0 Å². The fourth-order valence-corrected chi connectivity index (χ4v) is 3.07. The predicted molar refractivity (Wildman–Crippen MR) is 107 cm³/mol. The van der Waals surface area contributed by atoms with Crippen LogP contribution in [0.4, 0.5) is 5.69 Å². The van der Waals surface area contributed by atoms with Crippen molar-refractivity contribution in [3.63, 3.8) is 0 Å². The molecule has 0 bridgehead atoms. The van der Waals surface area contributed by atoms with Crippen molar-refractivity contribution in [1.29, 1.82) is 0 Å². The Labute approximate surface area is 164 Å². The van der Waals surface area contributed by atoms with Crippen LogP contribution in [-0.4, -0.2) is 28.1 Å². The number of aliphatic carboxylic acids is 1. The number of anilines is 1. The second-order valence-corrected chi connectivity index (χ2v) is 6.67. The number of hydrogen-bond donors (Lipinski definition) is 3. The van der Waals surface area contributed by atoms with Gasteiger partial charge in [-0.1, -0.05) is 56.9 Å². The Morgan fingerprint density at radius 1 is 0.893 bits per heavy atom. The summed E-state index contributed by atoms with van der Waals surface area (Å²) in [6, 6.07) is 12.6. The van der Waals surface area contributed by atoms with Crippen LogP contribution < -0.4 is 5.32 Å². The molecule has 0 radical (unpaired) electrons. The van der Waals surface area contributed by atoms with Gasteiger partial charge in [-0.2, -0.15) is 0 Å². The minimum absolute atomic E-state index is 0.0680. The molecule has 6 nitrogen and oxygen atoms in total. The average molecular weight is 383 g/mol. The van der Waals surface area contributed by atoms with Crippen LogP contribution in [0.1, 0.15) is 71.2 Å². The first-order chi connectivity index (χ1) is 13.4. The summed E-state index contributed by atoms with van der Waals surface area (Å²) < 4.78 is 0. The van der Waals surface area contributed by atoms with Crippen molar-refractivity contribution in [2.45, 2.75) is 44.9 Å². The van der Waals surface area contributed by atoms with Gasteiger partial charge < -0.3 is 15.5 Å². The van der Waals surface area contributed by atoms with Gasteiger partial charge in [0.05, 0.1) is 17.0 Å². The Hall–Kier alpha value is -3.15. The van der Waals surface area contributed by atoms with E-state index in [0.717, 1.165) is 25.7 Å². The smallest absolute Gasteiger partial charge is 0.336 e. The molecule has 0 heterocycles. The molecule has 1 amide bonds. The third-order valence-corrected chi connectivity index (χ3v) is 4.62. The molecule has 0 saturated carbocycles. The summed E-state index contributed by atoms with van der Waals surface area (Å²) in [7, 11) is 0. The van der Waals surface area contributed by atoms with E-state index in [2.05, 4.69) is 12.2 Å². The van der Waals surface area contributed by atoms with Gasteiger partial charge in [-0.3, -0.25) is 9.59 Å². The van der Waals surface area contributed by atoms with Gasteiger partial charge >= 0.3 is 11.9 Å². The van der Waals surface area contributed by atoms with E-state index in [1.165, 1.54) is 12.1 Å². The Kier molecular flexibility index (Phi) is 7.75. The molecular weight excluding hydrogens is 358 g/mol. The number of hydrogen-bond acceptors (Lipinski definition) is 3. The lowest BCUT2D eigenvalue weighted by Crippen LogP contribution is -2.16. The summed E-state index contributed by atoms with van der Waals surface area (Å²) in [6.45, 7) is 2.11. The summed E-state index contributed by atoms with van der Waals surface area (Å²) in [4.78, 5) is 35.2. The number of rotatable bonds is 10. The van der Waals surface area contributed by atoms with Gasteiger partial charge in [0.1, 0.15) is 0 Å². The summed E-state index contributed by atoms with van der Waals surface area (Å²) in [6.07, 6.45) is 4.63. The molecule has 28 heavy (non-hydrogen) atoms. The first-order valence-corrected chi connectivity index (χ1v) is 9.40. The Balaban J connectivity index is 2.08. The summed E-state index contributed by atoms with van der Waals surface area (Å²) in [5, 5.41) is 21.4. The maximum Gasteiger partial charge on any atom is 0.336 e. The SMILES string of the molecule is CCCCCCC(C(=O)O)c1ccc(NC(=O)c2ccccc2C(=O)O)cc1. The summed E-state index contributed by atoms with van der Waals surface area (Å²) >= 11 is 0. The number of carboxylic acids is 2. The Morgan fingerprint density at radius 2 is 1.54 bits per heavy atom. The zero-order chi connectivity index (χ0) is 20.5. The van der Waals surface area contributed by atoms with Gasteiger partial charge in [0.2, 0.25) is 0 Å². The van der Waals surface area contributed by atoms with E-state index in [1.807, 2.05) is 0 Å². The molecule has 0 fully saturated rings. The molecule has 3 N–H and O–H groups in total. The van der Waals surface area contributed by atoms with Crippen molar-refractivity contribution < 1.29 is 24.6 Å². The Morgan fingerprint density at radius 3 is 2.11 bits per heavy atom. The lowest BCUT2D eigenvalue weighted by molar-refractivity contribution is -0.139. The van der Waals surface area contributed by atoms with E-state index < -0.39 is 23.8 Å².